The second-order valence-electron chi connectivity index (χ2n) is 6.48. The molecule has 0 unspecified atom stereocenters. The number of halogens is 1. The third-order valence-electron chi connectivity index (χ3n) is 4.41. The largest absolute Gasteiger partial charge is 0.382 e. The number of likely N-dealkylation sites (tertiary alicyclic amines) is 1. The highest BCUT2D eigenvalue weighted by Gasteiger charge is 2.15. The number of hydrogen-bond acceptors (Lipinski definition) is 5. The van der Waals surface area contributed by atoms with Gasteiger partial charge in [0, 0.05) is 31.3 Å². The summed E-state index contributed by atoms with van der Waals surface area (Å²) in [5.74, 6) is 4.51. The summed E-state index contributed by atoms with van der Waals surface area (Å²) in [6.45, 7) is 5.26. The maximum atomic E-state index is 11.6. The van der Waals surface area contributed by atoms with Crippen molar-refractivity contribution in [3.8, 4) is 11.8 Å². The van der Waals surface area contributed by atoms with Gasteiger partial charge in [-0.1, -0.05) is 24.1 Å². The fraction of sp³-hybridized carbons (Fsp3) is 0.238. The molecule has 162 valence electrons. The number of amides is 3. The highest BCUT2D eigenvalue weighted by molar-refractivity contribution is 6.31. The SMILES string of the molecule is C=CC(=O)N1CCCC1.CNC(=O)c1ccc(Cl)c(C#Cc2[nH]nc(N)c2C(N)=O)c1. The van der Waals surface area contributed by atoms with Crippen LogP contribution in [0.5, 0.6) is 0 Å². The lowest BCUT2D eigenvalue weighted by molar-refractivity contribution is -0.124. The zero-order valence-corrected chi connectivity index (χ0v) is 17.8. The maximum Gasteiger partial charge on any atom is 0.255 e. The molecule has 0 bridgehead atoms. The summed E-state index contributed by atoms with van der Waals surface area (Å²) in [6.07, 6.45) is 3.68. The molecule has 1 aromatic carbocycles. The van der Waals surface area contributed by atoms with Gasteiger partial charge in [0.1, 0.15) is 11.3 Å². The van der Waals surface area contributed by atoms with Crippen molar-refractivity contribution in [2.24, 2.45) is 5.73 Å². The number of nitrogens with two attached hydrogens (primary N) is 2. The van der Waals surface area contributed by atoms with E-state index in [4.69, 9.17) is 23.1 Å². The molecule has 3 rings (SSSR count). The Balaban J connectivity index is 0.000000316. The quantitative estimate of drug-likeness (QED) is 0.417. The maximum absolute atomic E-state index is 11.6. The van der Waals surface area contributed by atoms with E-state index >= 15 is 0 Å². The Morgan fingerprint density at radius 1 is 1.29 bits per heavy atom. The van der Waals surface area contributed by atoms with Gasteiger partial charge in [-0.15, -0.1) is 0 Å². The van der Waals surface area contributed by atoms with Gasteiger partial charge in [-0.2, -0.15) is 5.10 Å². The Morgan fingerprint density at radius 3 is 2.55 bits per heavy atom. The molecule has 0 saturated carbocycles. The van der Waals surface area contributed by atoms with E-state index in [-0.39, 0.29) is 28.9 Å². The van der Waals surface area contributed by atoms with Crippen molar-refractivity contribution < 1.29 is 14.4 Å². The smallest absolute Gasteiger partial charge is 0.255 e. The Labute approximate surface area is 184 Å². The fourth-order valence-electron chi connectivity index (χ4n) is 2.80. The summed E-state index contributed by atoms with van der Waals surface area (Å²) >= 11 is 6.04. The fourth-order valence-corrected chi connectivity index (χ4v) is 2.96. The monoisotopic (exact) mass is 442 g/mol. The van der Waals surface area contributed by atoms with Crippen molar-refractivity contribution in [3.05, 3.63) is 58.3 Å². The molecule has 1 fully saturated rings. The number of carbonyl (C=O) groups is 3. The van der Waals surface area contributed by atoms with E-state index in [1.54, 1.807) is 12.1 Å². The van der Waals surface area contributed by atoms with Gasteiger partial charge in [0.15, 0.2) is 5.82 Å². The Bertz CT molecular complexity index is 1060. The van der Waals surface area contributed by atoms with Crippen LogP contribution in [0.3, 0.4) is 0 Å². The predicted octanol–water partition coefficient (Wildman–Crippen LogP) is 1.30. The molecular weight excluding hydrogens is 420 g/mol. The number of rotatable bonds is 3. The summed E-state index contributed by atoms with van der Waals surface area (Å²) in [4.78, 5) is 35.5. The molecule has 0 spiro atoms. The number of anilines is 1. The molecule has 1 aliphatic heterocycles. The molecule has 0 aliphatic carbocycles. The molecule has 2 heterocycles. The molecule has 6 N–H and O–H groups in total. The lowest BCUT2D eigenvalue weighted by Crippen LogP contribution is -2.25. The van der Waals surface area contributed by atoms with Crippen molar-refractivity contribution >= 4 is 35.1 Å². The highest BCUT2D eigenvalue weighted by atomic mass is 35.5. The van der Waals surface area contributed by atoms with Crippen LogP contribution >= 0.6 is 11.6 Å². The van der Waals surface area contributed by atoms with Crippen molar-refractivity contribution in [1.82, 2.24) is 20.4 Å². The van der Waals surface area contributed by atoms with Crippen LogP contribution in [0.2, 0.25) is 5.02 Å². The van der Waals surface area contributed by atoms with Crippen LogP contribution in [0, 0.1) is 11.8 Å². The van der Waals surface area contributed by atoms with E-state index in [0.717, 1.165) is 25.9 Å². The zero-order valence-electron chi connectivity index (χ0n) is 17.0. The second kappa shape index (κ2) is 10.8. The van der Waals surface area contributed by atoms with Gasteiger partial charge in [0.05, 0.1) is 5.02 Å². The van der Waals surface area contributed by atoms with E-state index in [2.05, 4.69) is 33.9 Å². The molecule has 2 aromatic rings. The number of nitrogens with one attached hydrogen (secondary N) is 2. The molecule has 10 heteroatoms. The molecular formula is C21H23ClN6O3. The summed E-state index contributed by atoms with van der Waals surface area (Å²) in [7, 11) is 1.52. The van der Waals surface area contributed by atoms with E-state index in [9.17, 15) is 14.4 Å². The number of hydrogen-bond donors (Lipinski definition) is 4. The molecule has 1 aliphatic rings. The summed E-state index contributed by atoms with van der Waals surface area (Å²) in [5.41, 5.74) is 11.8. The minimum absolute atomic E-state index is 0.0195. The van der Waals surface area contributed by atoms with E-state index in [0.29, 0.717) is 16.1 Å². The zero-order chi connectivity index (χ0) is 23.0. The number of aromatic nitrogens is 2. The molecule has 0 atom stereocenters. The Morgan fingerprint density at radius 2 is 1.97 bits per heavy atom. The van der Waals surface area contributed by atoms with E-state index in [1.165, 1.54) is 19.2 Å². The minimum atomic E-state index is -0.735. The van der Waals surface area contributed by atoms with Crippen molar-refractivity contribution in [1.29, 1.82) is 0 Å². The van der Waals surface area contributed by atoms with Crippen LogP contribution in [0.1, 0.15) is 44.8 Å². The molecule has 1 saturated heterocycles. The van der Waals surface area contributed by atoms with Crippen LogP contribution in [0.25, 0.3) is 0 Å². The van der Waals surface area contributed by atoms with Crippen LogP contribution in [0.15, 0.2) is 30.9 Å². The Kier molecular flexibility index (Phi) is 8.23. The first kappa shape index (κ1) is 23.5. The molecule has 31 heavy (non-hydrogen) atoms. The normalized spacial score (nSPS) is 12.1. The van der Waals surface area contributed by atoms with Crippen LogP contribution in [-0.2, 0) is 4.79 Å². The molecule has 3 amide bonds. The second-order valence-corrected chi connectivity index (χ2v) is 6.89. The number of benzene rings is 1. The number of primary amides is 1. The lowest BCUT2D eigenvalue weighted by atomic mass is 10.1. The van der Waals surface area contributed by atoms with E-state index < -0.39 is 5.91 Å². The van der Waals surface area contributed by atoms with Crippen LogP contribution < -0.4 is 16.8 Å². The molecule has 0 radical (unpaired) electrons. The molecule has 1 aromatic heterocycles. The number of nitrogen functional groups attached to an aromatic ring is 1. The first-order chi connectivity index (χ1) is 14.8. The van der Waals surface area contributed by atoms with Gasteiger partial charge in [-0.05, 0) is 43.0 Å². The number of H-pyrrole nitrogens is 1. The average Bonchev–Trinajstić information content (AvgIpc) is 3.42. The van der Waals surface area contributed by atoms with Crippen molar-refractivity contribution in [3.63, 3.8) is 0 Å². The summed E-state index contributed by atoms with van der Waals surface area (Å²) in [6, 6.07) is 4.68. The first-order valence-electron chi connectivity index (χ1n) is 9.37. The van der Waals surface area contributed by atoms with Gasteiger partial charge >= 0.3 is 0 Å². The third-order valence-corrected chi connectivity index (χ3v) is 4.74. The topological polar surface area (TPSA) is 147 Å². The minimum Gasteiger partial charge on any atom is -0.382 e. The average molecular weight is 443 g/mol. The van der Waals surface area contributed by atoms with Crippen molar-refractivity contribution in [2.45, 2.75) is 12.8 Å². The Hall–Kier alpha value is -3.77. The van der Waals surface area contributed by atoms with Gasteiger partial charge in [-0.3, -0.25) is 19.5 Å². The number of carbonyl (C=O) groups excluding carboxylic acids is 3. The highest BCUT2D eigenvalue weighted by Crippen LogP contribution is 2.17. The van der Waals surface area contributed by atoms with Gasteiger partial charge in [0.2, 0.25) is 5.91 Å². The van der Waals surface area contributed by atoms with Crippen molar-refractivity contribution in [2.75, 3.05) is 25.9 Å². The predicted molar refractivity (Wildman–Crippen MR) is 118 cm³/mol. The molecule has 9 nitrogen and oxygen atoms in total. The standard InChI is InChI=1S/C14H12ClN5O2.C7H11NO/c1-18-14(22)8-2-4-9(15)7(6-8)3-5-10-11(13(17)21)12(16)20-19-10;1-2-7(9)8-5-3-4-6-8/h2,4,6H,1H3,(H2,17,21)(H,18,22)(H3,16,19,20);2H,1,3-6H2. The van der Waals surface area contributed by atoms with Gasteiger partial charge < -0.3 is 21.7 Å². The van der Waals surface area contributed by atoms with Gasteiger partial charge in [0.25, 0.3) is 11.8 Å². The lowest BCUT2D eigenvalue weighted by Gasteiger charge is -2.10. The first-order valence-corrected chi connectivity index (χ1v) is 9.74. The third kappa shape index (κ3) is 6.10. The van der Waals surface area contributed by atoms with Crippen LogP contribution in [-0.4, -0.2) is 53.0 Å². The van der Waals surface area contributed by atoms with Crippen LogP contribution in [0.4, 0.5) is 5.82 Å². The van der Waals surface area contributed by atoms with E-state index in [1.807, 2.05) is 4.90 Å². The number of aromatic amines is 1. The summed E-state index contributed by atoms with van der Waals surface area (Å²) in [5, 5.41) is 9.08. The van der Waals surface area contributed by atoms with Gasteiger partial charge in [-0.25, -0.2) is 0 Å². The number of nitrogens with zero attached hydrogens (tertiary/aromatic N) is 2. The summed E-state index contributed by atoms with van der Waals surface area (Å²) < 4.78 is 0.